The predicted molar refractivity (Wildman–Crippen MR) is 84.5 cm³/mol. The number of aryl methyl sites for hydroxylation is 1. The Balaban J connectivity index is 2.20. The number of methoxy groups -OCH3 is 1. The second kappa shape index (κ2) is 7.74. The maximum atomic E-state index is 5.23. The lowest BCUT2D eigenvalue weighted by molar-refractivity contribution is 0.393. The minimum absolute atomic E-state index is 0.255. The van der Waals surface area contributed by atoms with E-state index in [1.165, 1.54) is 5.56 Å². The molecule has 2 rings (SSSR count). The van der Waals surface area contributed by atoms with Gasteiger partial charge in [-0.05, 0) is 25.5 Å². The summed E-state index contributed by atoms with van der Waals surface area (Å²) in [6.07, 6.45) is 1.93. The lowest BCUT2D eigenvalue weighted by Crippen LogP contribution is -2.24. The van der Waals surface area contributed by atoms with Gasteiger partial charge in [-0.3, -0.25) is 0 Å². The van der Waals surface area contributed by atoms with Gasteiger partial charge >= 0.3 is 0 Å². The standard InChI is InChI=1S/C17H23N3O/c1-4-10-18-16(14-8-6-5-7-9-14)11-15-12-17(21-3)20-13(2)19-15/h5-9,12,16,18H,4,10-11H2,1-3H3. The second-order valence-electron chi connectivity index (χ2n) is 5.07. The zero-order valence-corrected chi connectivity index (χ0v) is 13.0. The molecule has 1 unspecified atom stereocenters. The molecule has 4 heteroatoms. The molecule has 4 nitrogen and oxygen atoms in total. The molecule has 2 aromatic rings. The van der Waals surface area contributed by atoms with E-state index in [0.29, 0.717) is 5.88 Å². The first kappa shape index (κ1) is 15.4. The van der Waals surface area contributed by atoms with E-state index in [0.717, 1.165) is 30.9 Å². The summed E-state index contributed by atoms with van der Waals surface area (Å²) in [5.41, 5.74) is 2.28. The monoisotopic (exact) mass is 285 g/mol. The first-order valence-corrected chi connectivity index (χ1v) is 7.39. The maximum Gasteiger partial charge on any atom is 0.216 e. The third-order valence-electron chi connectivity index (χ3n) is 3.33. The molecule has 0 saturated heterocycles. The maximum absolute atomic E-state index is 5.23. The van der Waals surface area contributed by atoms with Crippen LogP contribution in [0, 0.1) is 6.92 Å². The van der Waals surface area contributed by atoms with Crippen LogP contribution in [0.15, 0.2) is 36.4 Å². The molecule has 0 saturated carbocycles. The van der Waals surface area contributed by atoms with Crippen LogP contribution in [0.2, 0.25) is 0 Å². The van der Waals surface area contributed by atoms with Crippen LogP contribution in [-0.4, -0.2) is 23.6 Å². The van der Waals surface area contributed by atoms with Crippen molar-refractivity contribution in [2.24, 2.45) is 0 Å². The summed E-state index contributed by atoms with van der Waals surface area (Å²) < 4.78 is 5.23. The van der Waals surface area contributed by atoms with Gasteiger partial charge in [-0.2, -0.15) is 4.98 Å². The number of nitrogens with one attached hydrogen (secondary N) is 1. The molecule has 0 aliphatic rings. The summed E-state index contributed by atoms with van der Waals surface area (Å²) in [5.74, 6) is 1.37. The lowest BCUT2D eigenvalue weighted by Gasteiger charge is -2.19. The summed E-state index contributed by atoms with van der Waals surface area (Å²) >= 11 is 0. The van der Waals surface area contributed by atoms with Crippen molar-refractivity contribution in [3.63, 3.8) is 0 Å². The molecule has 21 heavy (non-hydrogen) atoms. The average molecular weight is 285 g/mol. The third kappa shape index (κ3) is 4.53. The zero-order valence-electron chi connectivity index (χ0n) is 13.0. The van der Waals surface area contributed by atoms with Crippen LogP contribution in [0.1, 0.15) is 36.5 Å². The lowest BCUT2D eigenvalue weighted by atomic mass is 10.0. The number of hydrogen-bond donors (Lipinski definition) is 1. The summed E-state index contributed by atoms with van der Waals surface area (Å²) in [5, 5.41) is 3.59. The number of nitrogens with zero attached hydrogens (tertiary/aromatic N) is 2. The van der Waals surface area contributed by atoms with Gasteiger partial charge in [-0.1, -0.05) is 37.3 Å². The molecule has 112 valence electrons. The molecule has 0 amide bonds. The van der Waals surface area contributed by atoms with E-state index < -0.39 is 0 Å². The molecular formula is C17H23N3O. The van der Waals surface area contributed by atoms with Crippen LogP contribution in [0.25, 0.3) is 0 Å². The topological polar surface area (TPSA) is 47.0 Å². The number of aromatic nitrogens is 2. The average Bonchev–Trinajstić information content (AvgIpc) is 2.51. The largest absolute Gasteiger partial charge is 0.481 e. The van der Waals surface area contributed by atoms with Gasteiger partial charge < -0.3 is 10.1 Å². The fourth-order valence-electron chi connectivity index (χ4n) is 2.33. The Morgan fingerprint density at radius 2 is 1.95 bits per heavy atom. The van der Waals surface area contributed by atoms with E-state index in [2.05, 4.69) is 46.5 Å². The fourth-order valence-corrected chi connectivity index (χ4v) is 2.33. The fraction of sp³-hybridized carbons (Fsp3) is 0.412. The van der Waals surface area contributed by atoms with Crippen LogP contribution < -0.4 is 10.1 Å². The highest BCUT2D eigenvalue weighted by molar-refractivity contribution is 5.23. The van der Waals surface area contributed by atoms with Crippen molar-refractivity contribution in [1.82, 2.24) is 15.3 Å². The SMILES string of the molecule is CCCNC(Cc1cc(OC)nc(C)n1)c1ccccc1. The summed E-state index contributed by atoms with van der Waals surface area (Å²) in [7, 11) is 1.63. The van der Waals surface area contributed by atoms with Crippen molar-refractivity contribution in [2.75, 3.05) is 13.7 Å². The van der Waals surface area contributed by atoms with Crippen molar-refractivity contribution >= 4 is 0 Å². The Hall–Kier alpha value is -1.94. The summed E-state index contributed by atoms with van der Waals surface area (Å²) in [6.45, 7) is 5.05. The molecule has 0 spiro atoms. The van der Waals surface area contributed by atoms with Crippen molar-refractivity contribution in [1.29, 1.82) is 0 Å². The number of benzene rings is 1. The molecule has 0 aliphatic carbocycles. The molecule has 1 aromatic heterocycles. The van der Waals surface area contributed by atoms with Crippen molar-refractivity contribution in [3.8, 4) is 5.88 Å². The normalized spacial score (nSPS) is 12.1. The molecule has 1 N–H and O–H groups in total. The van der Waals surface area contributed by atoms with Gasteiger partial charge in [-0.25, -0.2) is 4.98 Å². The van der Waals surface area contributed by atoms with Gasteiger partial charge in [-0.15, -0.1) is 0 Å². The van der Waals surface area contributed by atoms with Gasteiger partial charge in [0, 0.05) is 24.2 Å². The summed E-state index contributed by atoms with van der Waals surface area (Å²) in [4.78, 5) is 8.76. The zero-order chi connectivity index (χ0) is 15.1. The Kier molecular flexibility index (Phi) is 5.69. The Morgan fingerprint density at radius 1 is 1.19 bits per heavy atom. The molecule has 1 aromatic carbocycles. The Bertz CT molecular complexity index is 557. The smallest absolute Gasteiger partial charge is 0.216 e. The number of hydrogen-bond acceptors (Lipinski definition) is 4. The van der Waals surface area contributed by atoms with E-state index in [1.54, 1.807) is 7.11 Å². The van der Waals surface area contributed by atoms with Crippen LogP contribution in [0.4, 0.5) is 0 Å². The van der Waals surface area contributed by atoms with E-state index in [4.69, 9.17) is 4.74 Å². The van der Waals surface area contributed by atoms with E-state index in [9.17, 15) is 0 Å². The van der Waals surface area contributed by atoms with Gasteiger partial charge in [0.15, 0.2) is 0 Å². The molecular weight excluding hydrogens is 262 g/mol. The van der Waals surface area contributed by atoms with Gasteiger partial charge in [0.1, 0.15) is 5.82 Å². The highest BCUT2D eigenvalue weighted by atomic mass is 16.5. The van der Waals surface area contributed by atoms with Gasteiger partial charge in [0.2, 0.25) is 5.88 Å². The van der Waals surface area contributed by atoms with E-state index in [-0.39, 0.29) is 6.04 Å². The second-order valence-corrected chi connectivity index (χ2v) is 5.07. The highest BCUT2D eigenvalue weighted by Gasteiger charge is 2.13. The Morgan fingerprint density at radius 3 is 2.62 bits per heavy atom. The molecule has 1 atom stereocenters. The minimum Gasteiger partial charge on any atom is -0.481 e. The highest BCUT2D eigenvalue weighted by Crippen LogP contribution is 2.19. The van der Waals surface area contributed by atoms with Gasteiger partial charge in [0.25, 0.3) is 0 Å². The van der Waals surface area contributed by atoms with Crippen molar-refractivity contribution in [3.05, 3.63) is 53.5 Å². The minimum atomic E-state index is 0.255. The first-order valence-electron chi connectivity index (χ1n) is 7.39. The van der Waals surface area contributed by atoms with Crippen LogP contribution in [0.5, 0.6) is 5.88 Å². The third-order valence-corrected chi connectivity index (χ3v) is 3.33. The van der Waals surface area contributed by atoms with Crippen LogP contribution in [0.3, 0.4) is 0 Å². The molecule has 0 aliphatic heterocycles. The molecule has 0 fully saturated rings. The Labute approximate surface area is 126 Å². The van der Waals surface area contributed by atoms with Crippen LogP contribution >= 0.6 is 0 Å². The number of ether oxygens (including phenoxy) is 1. The first-order chi connectivity index (χ1) is 10.2. The van der Waals surface area contributed by atoms with E-state index in [1.807, 2.05) is 19.1 Å². The van der Waals surface area contributed by atoms with E-state index >= 15 is 0 Å². The van der Waals surface area contributed by atoms with Crippen molar-refractivity contribution in [2.45, 2.75) is 32.7 Å². The molecule has 0 radical (unpaired) electrons. The summed E-state index contributed by atoms with van der Waals surface area (Å²) in [6, 6.07) is 12.7. The molecule has 0 bridgehead atoms. The quantitative estimate of drug-likeness (QED) is 0.849. The van der Waals surface area contributed by atoms with Crippen LogP contribution in [-0.2, 0) is 6.42 Å². The van der Waals surface area contributed by atoms with Gasteiger partial charge in [0.05, 0.1) is 7.11 Å². The molecule has 1 heterocycles. The van der Waals surface area contributed by atoms with Crippen molar-refractivity contribution < 1.29 is 4.74 Å². The number of rotatable bonds is 7. The predicted octanol–water partition coefficient (Wildman–Crippen LogP) is 3.08.